The SMILES string of the molecule is COc1ccc2nc(NC(=O)Cn3cnc4c3ncc(=O)n4C)sc2c1. The smallest absolute Gasteiger partial charge is 0.270 e. The molecule has 0 aliphatic carbocycles. The van der Waals surface area contributed by atoms with Gasteiger partial charge in [0.25, 0.3) is 5.56 Å². The number of imidazole rings is 1. The summed E-state index contributed by atoms with van der Waals surface area (Å²) < 4.78 is 9.08. The summed E-state index contributed by atoms with van der Waals surface area (Å²) >= 11 is 1.37. The van der Waals surface area contributed by atoms with Crippen LogP contribution in [0.3, 0.4) is 0 Å². The van der Waals surface area contributed by atoms with Crippen molar-refractivity contribution >= 4 is 43.9 Å². The van der Waals surface area contributed by atoms with Crippen molar-refractivity contribution < 1.29 is 9.53 Å². The fourth-order valence-electron chi connectivity index (χ4n) is 2.56. The molecule has 0 aliphatic rings. The highest BCUT2D eigenvalue weighted by atomic mass is 32.1. The summed E-state index contributed by atoms with van der Waals surface area (Å²) in [6, 6.07) is 5.53. The van der Waals surface area contributed by atoms with Crippen LogP contribution in [0.4, 0.5) is 5.13 Å². The molecule has 0 saturated carbocycles. The number of anilines is 1. The molecule has 1 N–H and O–H groups in total. The third-order valence-corrected chi connectivity index (χ3v) is 4.83. The molecule has 132 valence electrons. The fraction of sp³-hybridized carbons (Fsp3) is 0.188. The first kappa shape index (κ1) is 16.2. The van der Waals surface area contributed by atoms with Crippen molar-refractivity contribution in [2.24, 2.45) is 7.05 Å². The zero-order valence-corrected chi connectivity index (χ0v) is 14.8. The molecule has 1 amide bonds. The van der Waals surface area contributed by atoms with E-state index >= 15 is 0 Å². The second-order valence-corrected chi connectivity index (χ2v) is 6.61. The number of thiazole rings is 1. The van der Waals surface area contributed by atoms with Gasteiger partial charge in [-0.25, -0.2) is 15.0 Å². The van der Waals surface area contributed by atoms with Crippen molar-refractivity contribution in [1.82, 2.24) is 24.1 Å². The topological polar surface area (TPSA) is 104 Å². The minimum atomic E-state index is -0.258. The number of amides is 1. The van der Waals surface area contributed by atoms with Gasteiger partial charge in [0, 0.05) is 7.05 Å². The van der Waals surface area contributed by atoms with Crippen molar-refractivity contribution in [1.29, 1.82) is 0 Å². The normalized spacial score (nSPS) is 11.2. The summed E-state index contributed by atoms with van der Waals surface area (Å²) in [6.07, 6.45) is 2.69. The van der Waals surface area contributed by atoms with Gasteiger partial charge in [0.2, 0.25) is 5.91 Å². The zero-order chi connectivity index (χ0) is 18.3. The Hall–Kier alpha value is -3.27. The van der Waals surface area contributed by atoms with E-state index in [4.69, 9.17) is 4.74 Å². The Kier molecular flexibility index (Phi) is 3.88. The average Bonchev–Trinajstić information content (AvgIpc) is 3.21. The maximum absolute atomic E-state index is 12.4. The lowest BCUT2D eigenvalue weighted by Crippen LogP contribution is -2.20. The molecule has 3 aromatic heterocycles. The number of hydrogen-bond acceptors (Lipinski definition) is 7. The number of rotatable bonds is 4. The van der Waals surface area contributed by atoms with Gasteiger partial charge in [-0.3, -0.25) is 14.2 Å². The fourth-order valence-corrected chi connectivity index (χ4v) is 3.47. The molecule has 0 unspecified atom stereocenters. The maximum atomic E-state index is 12.4. The van der Waals surface area contributed by atoms with E-state index in [1.165, 1.54) is 28.4 Å². The van der Waals surface area contributed by atoms with E-state index in [2.05, 4.69) is 20.3 Å². The molecule has 3 heterocycles. The minimum absolute atomic E-state index is 0.0148. The Labute approximate surface area is 150 Å². The molecule has 1 aromatic carbocycles. The van der Waals surface area contributed by atoms with Crippen molar-refractivity contribution in [2.75, 3.05) is 12.4 Å². The molecule has 0 radical (unpaired) electrons. The predicted molar refractivity (Wildman–Crippen MR) is 97.6 cm³/mol. The van der Waals surface area contributed by atoms with E-state index in [1.807, 2.05) is 18.2 Å². The molecular formula is C16H14N6O3S. The minimum Gasteiger partial charge on any atom is -0.497 e. The highest BCUT2D eigenvalue weighted by Crippen LogP contribution is 2.29. The van der Waals surface area contributed by atoms with Crippen LogP contribution in [0.5, 0.6) is 5.75 Å². The Morgan fingerprint density at radius 1 is 1.31 bits per heavy atom. The largest absolute Gasteiger partial charge is 0.497 e. The Morgan fingerprint density at radius 2 is 2.15 bits per heavy atom. The molecule has 0 aliphatic heterocycles. The monoisotopic (exact) mass is 370 g/mol. The third kappa shape index (κ3) is 2.80. The molecule has 4 aromatic rings. The number of aryl methyl sites for hydroxylation is 1. The van der Waals surface area contributed by atoms with Crippen molar-refractivity contribution in [2.45, 2.75) is 6.54 Å². The van der Waals surface area contributed by atoms with E-state index in [1.54, 1.807) is 18.7 Å². The van der Waals surface area contributed by atoms with Crippen LogP contribution in [0.15, 0.2) is 35.5 Å². The average molecular weight is 370 g/mol. The lowest BCUT2D eigenvalue weighted by atomic mass is 10.3. The van der Waals surface area contributed by atoms with Crippen LogP contribution in [0.2, 0.25) is 0 Å². The van der Waals surface area contributed by atoms with Gasteiger partial charge in [-0.05, 0) is 18.2 Å². The molecule has 4 rings (SSSR count). The Bertz CT molecular complexity index is 1190. The van der Waals surface area contributed by atoms with Crippen LogP contribution in [0.1, 0.15) is 0 Å². The molecule has 0 bridgehead atoms. The van der Waals surface area contributed by atoms with Crippen LogP contribution < -0.4 is 15.6 Å². The highest BCUT2D eigenvalue weighted by molar-refractivity contribution is 7.22. The summed E-state index contributed by atoms with van der Waals surface area (Å²) in [4.78, 5) is 36.6. The van der Waals surface area contributed by atoms with Gasteiger partial charge in [0.1, 0.15) is 12.3 Å². The standard InChI is InChI=1S/C16H14N6O3S/c1-21-13(24)6-17-15-14(21)18-8-22(15)7-12(23)20-16-19-10-4-3-9(25-2)5-11(10)26-16/h3-6,8H,7H2,1-2H3,(H,19,20,23). The number of methoxy groups -OCH3 is 1. The van der Waals surface area contributed by atoms with Crippen LogP contribution in [0, 0.1) is 0 Å². The first-order valence-corrected chi connectivity index (χ1v) is 8.48. The molecular weight excluding hydrogens is 356 g/mol. The number of carbonyl (C=O) groups is 1. The van der Waals surface area contributed by atoms with Crippen LogP contribution in [-0.4, -0.2) is 37.1 Å². The van der Waals surface area contributed by atoms with E-state index in [0.29, 0.717) is 16.4 Å². The summed E-state index contributed by atoms with van der Waals surface area (Å²) in [6.45, 7) is 0.0148. The molecule has 0 atom stereocenters. The molecule has 0 spiro atoms. The summed E-state index contributed by atoms with van der Waals surface area (Å²) in [5, 5.41) is 3.28. The first-order chi connectivity index (χ1) is 12.5. The number of ether oxygens (including phenoxy) is 1. The molecule has 0 saturated heterocycles. The predicted octanol–water partition coefficient (Wildman–Crippen LogP) is 1.39. The number of aromatic nitrogens is 5. The van der Waals surface area contributed by atoms with E-state index in [0.717, 1.165) is 16.0 Å². The van der Waals surface area contributed by atoms with Crippen molar-refractivity contribution in [3.63, 3.8) is 0 Å². The van der Waals surface area contributed by atoms with Gasteiger partial charge in [0.05, 0.1) is 29.9 Å². The van der Waals surface area contributed by atoms with Gasteiger partial charge in [-0.2, -0.15) is 0 Å². The van der Waals surface area contributed by atoms with E-state index in [-0.39, 0.29) is 18.0 Å². The van der Waals surface area contributed by atoms with Gasteiger partial charge < -0.3 is 14.6 Å². The Morgan fingerprint density at radius 3 is 2.96 bits per heavy atom. The maximum Gasteiger partial charge on any atom is 0.270 e. The molecule has 26 heavy (non-hydrogen) atoms. The van der Waals surface area contributed by atoms with Gasteiger partial charge in [0.15, 0.2) is 16.4 Å². The third-order valence-electron chi connectivity index (χ3n) is 3.89. The number of nitrogens with one attached hydrogen (secondary N) is 1. The summed E-state index contributed by atoms with van der Waals surface area (Å²) in [7, 11) is 3.21. The molecule has 0 fully saturated rings. The number of carbonyl (C=O) groups excluding carboxylic acids is 1. The second-order valence-electron chi connectivity index (χ2n) is 5.58. The lowest BCUT2D eigenvalue weighted by Gasteiger charge is -2.04. The van der Waals surface area contributed by atoms with Gasteiger partial charge in [-0.1, -0.05) is 11.3 Å². The lowest BCUT2D eigenvalue weighted by molar-refractivity contribution is -0.116. The quantitative estimate of drug-likeness (QED) is 0.582. The first-order valence-electron chi connectivity index (χ1n) is 7.66. The number of hydrogen-bond donors (Lipinski definition) is 1. The summed E-state index contributed by atoms with van der Waals surface area (Å²) in [5.41, 5.74) is 1.43. The zero-order valence-electron chi connectivity index (χ0n) is 14.0. The Balaban J connectivity index is 1.56. The highest BCUT2D eigenvalue weighted by Gasteiger charge is 2.13. The van der Waals surface area contributed by atoms with Gasteiger partial charge in [-0.15, -0.1) is 0 Å². The number of nitrogens with zero attached hydrogens (tertiary/aromatic N) is 5. The molecule has 9 nitrogen and oxygen atoms in total. The van der Waals surface area contributed by atoms with Gasteiger partial charge >= 0.3 is 0 Å². The second kappa shape index (κ2) is 6.23. The van der Waals surface area contributed by atoms with Crippen LogP contribution in [-0.2, 0) is 18.4 Å². The van der Waals surface area contributed by atoms with Crippen molar-refractivity contribution in [3.8, 4) is 5.75 Å². The van der Waals surface area contributed by atoms with Crippen LogP contribution in [0.25, 0.3) is 21.5 Å². The van der Waals surface area contributed by atoms with Crippen molar-refractivity contribution in [3.05, 3.63) is 41.1 Å². The van der Waals surface area contributed by atoms with E-state index < -0.39 is 0 Å². The molecule has 10 heteroatoms. The van der Waals surface area contributed by atoms with E-state index in [9.17, 15) is 9.59 Å². The number of benzene rings is 1. The number of fused-ring (bicyclic) bond motifs is 2. The van der Waals surface area contributed by atoms with Crippen LogP contribution >= 0.6 is 11.3 Å². The summed E-state index contributed by atoms with van der Waals surface area (Å²) in [5.74, 6) is 0.478.